The molecule has 0 saturated carbocycles. The second-order valence-electron chi connectivity index (χ2n) is 5.90. The van der Waals surface area contributed by atoms with Crippen molar-refractivity contribution in [2.75, 3.05) is 44.4 Å². The molecule has 0 aliphatic heterocycles. The maximum Gasteiger partial charge on any atom is 0.203 e. The second-order valence-corrected chi connectivity index (χ2v) is 6.69. The Hall–Kier alpha value is -3.11. The van der Waals surface area contributed by atoms with Crippen LogP contribution in [-0.2, 0) is 0 Å². The zero-order valence-corrected chi connectivity index (χ0v) is 18.2. The highest BCUT2D eigenvalue weighted by molar-refractivity contribution is 7.80. The molecule has 0 aliphatic carbocycles. The fourth-order valence-corrected chi connectivity index (χ4v) is 2.95. The number of fused-ring (bicyclic) bond motifs is 1. The van der Waals surface area contributed by atoms with Crippen LogP contribution in [0.4, 0.5) is 17.3 Å². The number of anilines is 3. The third-order valence-corrected chi connectivity index (χ3v) is 4.40. The minimum Gasteiger partial charge on any atom is -0.493 e. The Labute approximate surface area is 184 Å². The zero-order chi connectivity index (χ0) is 21.5. The van der Waals surface area contributed by atoms with Crippen LogP contribution in [0.2, 0.25) is 0 Å². The van der Waals surface area contributed by atoms with Gasteiger partial charge in [0, 0.05) is 30.2 Å². The van der Waals surface area contributed by atoms with Gasteiger partial charge in [0.15, 0.2) is 28.1 Å². The van der Waals surface area contributed by atoms with Crippen molar-refractivity contribution in [3.63, 3.8) is 0 Å². The lowest BCUT2D eigenvalue weighted by molar-refractivity contribution is 0.324. The molecular formula is C19H21ClN6O3S. The standard InChI is InChI=1S/C19H21ClN6O3S/c1-27-13-8-11(9-14(28-2)17(13)29-3)23-16-10-22-12-4-5-15(24-18(12)25-16)26-19(30)21-7-6-20/h4-5,8-10H,6-7H2,1-3H3,(H3,21,23,24,25,26,30). The van der Waals surface area contributed by atoms with Crippen LogP contribution in [0, 0.1) is 0 Å². The van der Waals surface area contributed by atoms with E-state index in [9.17, 15) is 0 Å². The summed E-state index contributed by atoms with van der Waals surface area (Å²) in [5, 5.41) is 9.58. The third-order valence-electron chi connectivity index (χ3n) is 3.97. The average molecular weight is 449 g/mol. The number of nitrogens with one attached hydrogen (secondary N) is 3. The molecule has 30 heavy (non-hydrogen) atoms. The summed E-state index contributed by atoms with van der Waals surface area (Å²) < 4.78 is 16.1. The van der Waals surface area contributed by atoms with Crippen LogP contribution in [0.15, 0.2) is 30.5 Å². The van der Waals surface area contributed by atoms with Gasteiger partial charge >= 0.3 is 0 Å². The van der Waals surface area contributed by atoms with Crippen molar-refractivity contribution in [2.24, 2.45) is 0 Å². The number of alkyl halides is 1. The molecule has 0 aliphatic rings. The lowest BCUT2D eigenvalue weighted by Gasteiger charge is -2.15. The molecule has 3 aromatic rings. The van der Waals surface area contributed by atoms with Gasteiger partial charge < -0.3 is 30.2 Å². The third kappa shape index (κ3) is 5.08. The average Bonchev–Trinajstić information content (AvgIpc) is 2.76. The topological polar surface area (TPSA) is 102 Å². The molecule has 0 unspecified atom stereocenters. The molecule has 0 radical (unpaired) electrons. The molecule has 3 rings (SSSR count). The van der Waals surface area contributed by atoms with E-state index in [4.69, 9.17) is 38.0 Å². The summed E-state index contributed by atoms with van der Waals surface area (Å²) in [4.78, 5) is 13.4. The molecule has 9 nitrogen and oxygen atoms in total. The molecule has 3 N–H and O–H groups in total. The number of pyridine rings is 1. The first-order valence-corrected chi connectivity index (χ1v) is 9.84. The van der Waals surface area contributed by atoms with Crippen molar-refractivity contribution in [3.8, 4) is 17.2 Å². The van der Waals surface area contributed by atoms with E-state index in [1.807, 2.05) is 6.07 Å². The molecule has 0 saturated heterocycles. The lowest BCUT2D eigenvalue weighted by atomic mass is 10.2. The van der Waals surface area contributed by atoms with Crippen molar-refractivity contribution in [3.05, 3.63) is 30.5 Å². The summed E-state index contributed by atoms with van der Waals surface area (Å²) in [5.41, 5.74) is 1.80. The number of benzene rings is 1. The molecule has 0 bridgehead atoms. The highest BCUT2D eigenvalue weighted by Crippen LogP contribution is 2.40. The van der Waals surface area contributed by atoms with Gasteiger partial charge in [0.2, 0.25) is 5.75 Å². The molecule has 0 spiro atoms. The molecule has 2 aromatic heterocycles. The Morgan fingerprint density at radius 3 is 2.37 bits per heavy atom. The maximum absolute atomic E-state index is 5.65. The van der Waals surface area contributed by atoms with E-state index < -0.39 is 0 Å². The number of methoxy groups -OCH3 is 3. The van der Waals surface area contributed by atoms with Crippen molar-refractivity contribution in [1.29, 1.82) is 0 Å². The Bertz CT molecular complexity index is 1030. The normalized spacial score (nSPS) is 10.4. The molecule has 2 heterocycles. The predicted molar refractivity (Wildman–Crippen MR) is 122 cm³/mol. The van der Waals surface area contributed by atoms with Crippen LogP contribution >= 0.6 is 23.8 Å². The maximum atomic E-state index is 5.65. The zero-order valence-electron chi connectivity index (χ0n) is 16.7. The van der Waals surface area contributed by atoms with Crippen molar-refractivity contribution in [1.82, 2.24) is 20.3 Å². The molecule has 158 valence electrons. The summed E-state index contributed by atoms with van der Waals surface area (Å²) in [7, 11) is 4.67. The van der Waals surface area contributed by atoms with Crippen LogP contribution in [0.1, 0.15) is 0 Å². The van der Waals surface area contributed by atoms with Gasteiger partial charge in [-0.05, 0) is 24.4 Å². The van der Waals surface area contributed by atoms with E-state index >= 15 is 0 Å². The van der Waals surface area contributed by atoms with Gasteiger partial charge in [0.25, 0.3) is 0 Å². The first-order chi connectivity index (χ1) is 14.6. The largest absolute Gasteiger partial charge is 0.493 e. The van der Waals surface area contributed by atoms with E-state index in [1.165, 1.54) is 0 Å². The number of hydrogen-bond donors (Lipinski definition) is 3. The number of halogens is 1. The van der Waals surface area contributed by atoms with Gasteiger partial charge in [-0.2, -0.15) is 0 Å². The first kappa shape index (κ1) is 21.6. The SMILES string of the molecule is COc1cc(Nc2cnc3ccc(NC(=S)NCCCl)nc3n2)cc(OC)c1OC. The molecule has 0 fully saturated rings. The molecule has 0 amide bonds. The van der Waals surface area contributed by atoms with E-state index in [0.717, 1.165) is 0 Å². The van der Waals surface area contributed by atoms with Gasteiger partial charge in [-0.1, -0.05) is 0 Å². The number of rotatable bonds is 8. The number of thiocarbonyl (C=S) groups is 1. The minimum atomic E-state index is 0.433. The van der Waals surface area contributed by atoms with Gasteiger partial charge in [0.05, 0.1) is 27.5 Å². The lowest BCUT2D eigenvalue weighted by Crippen LogP contribution is -2.30. The fourth-order valence-electron chi connectivity index (χ4n) is 2.65. The Kier molecular flexibility index (Phi) is 7.26. The second kappa shape index (κ2) is 10.1. The Morgan fingerprint density at radius 2 is 1.73 bits per heavy atom. The van der Waals surface area contributed by atoms with Crippen LogP contribution in [0.3, 0.4) is 0 Å². The smallest absolute Gasteiger partial charge is 0.203 e. The van der Waals surface area contributed by atoms with Gasteiger partial charge in [-0.25, -0.2) is 15.0 Å². The Balaban J connectivity index is 1.85. The predicted octanol–water partition coefficient (Wildman–Crippen LogP) is 3.32. The molecular weight excluding hydrogens is 428 g/mol. The molecule has 1 aromatic carbocycles. The van der Waals surface area contributed by atoms with Crippen LogP contribution in [-0.4, -0.2) is 53.8 Å². The van der Waals surface area contributed by atoms with Crippen molar-refractivity contribution < 1.29 is 14.2 Å². The van der Waals surface area contributed by atoms with E-state index in [0.29, 0.717) is 63.3 Å². The number of aromatic nitrogens is 3. The number of nitrogens with zero attached hydrogens (tertiary/aromatic N) is 3. The Morgan fingerprint density at radius 1 is 1.03 bits per heavy atom. The summed E-state index contributed by atoms with van der Waals surface area (Å²) in [6.45, 7) is 0.559. The summed E-state index contributed by atoms with van der Waals surface area (Å²) in [5.74, 6) is 3.06. The van der Waals surface area contributed by atoms with Crippen LogP contribution in [0.25, 0.3) is 11.2 Å². The number of hydrogen-bond acceptors (Lipinski definition) is 8. The summed E-state index contributed by atoms with van der Waals surface area (Å²) in [6, 6.07) is 7.14. The fraction of sp³-hybridized carbons (Fsp3) is 0.263. The van der Waals surface area contributed by atoms with E-state index in [2.05, 4.69) is 30.9 Å². The van der Waals surface area contributed by atoms with Crippen molar-refractivity contribution in [2.45, 2.75) is 0 Å². The molecule has 11 heteroatoms. The summed E-state index contributed by atoms with van der Waals surface area (Å²) >= 11 is 10.9. The van der Waals surface area contributed by atoms with Gasteiger partial charge in [0.1, 0.15) is 11.3 Å². The van der Waals surface area contributed by atoms with Gasteiger partial charge in [-0.3, -0.25) is 0 Å². The van der Waals surface area contributed by atoms with Crippen LogP contribution < -0.4 is 30.2 Å². The van der Waals surface area contributed by atoms with E-state index in [1.54, 1.807) is 45.7 Å². The van der Waals surface area contributed by atoms with Crippen LogP contribution in [0.5, 0.6) is 17.2 Å². The molecule has 0 atom stereocenters. The highest BCUT2D eigenvalue weighted by Gasteiger charge is 2.14. The minimum absolute atomic E-state index is 0.433. The van der Waals surface area contributed by atoms with Crippen molar-refractivity contribution >= 4 is 57.4 Å². The number of ether oxygens (including phenoxy) is 3. The summed E-state index contributed by atoms with van der Waals surface area (Å²) in [6.07, 6.45) is 1.62. The highest BCUT2D eigenvalue weighted by atomic mass is 35.5. The monoisotopic (exact) mass is 448 g/mol. The quantitative estimate of drug-likeness (QED) is 0.351. The van der Waals surface area contributed by atoms with E-state index in [-0.39, 0.29) is 0 Å². The first-order valence-electron chi connectivity index (χ1n) is 8.89. The van der Waals surface area contributed by atoms with Gasteiger partial charge in [-0.15, -0.1) is 11.6 Å².